The summed E-state index contributed by atoms with van der Waals surface area (Å²) in [6.45, 7) is 3.43. The fraction of sp³-hybridized carbons (Fsp3) is 0.462. The predicted molar refractivity (Wildman–Crippen MR) is 64.4 cm³/mol. The Labute approximate surface area is 105 Å². The normalized spacial score (nSPS) is 11.3. The minimum atomic E-state index is -1.26. The van der Waals surface area contributed by atoms with Crippen molar-refractivity contribution in [2.75, 3.05) is 6.61 Å². The Morgan fingerprint density at radius 2 is 2.00 bits per heavy atom. The van der Waals surface area contributed by atoms with Gasteiger partial charge >= 0.3 is 5.97 Å². The quantitative estimate of drug-likeness (QED) is 0.820. The van der Waals surface area contributed by atoms with Crippen LogP contribution in [0.5, 0.6) is 5.75 Å². The van der Waals surface area contributed by atoms with Gasteiger partial charge in [-0.15, -0.1) is 0 Å². The van der Waals surface area contributed by atoms with Gasteiger partial charge in [0.15, 0.2) is 11.6 Å². The first-order valence-corrected chi connectivity index (χ1v) is 5.80. The van der Waals surface area contributed by atoms with E-state index < -0.39 is 17.4 Å². The van der Waals surface area contributed by atoms with E-state index in [-0.39, 0.29) is 17.9 Å². The molecular weight excluding hydrogens is 239 g/mol. The van der Waals surface area contributed by atoms with Gasteiger partial charge in [-0.3, -0.25) is 0 Å². The second-order valence-corrected chi connectivity index (χ2v) is 4.14. The van der Waals surface area contributed by atoms with Crippen LogP contribution in [0.15, 0.2) is 18.2 Å². The summed E-state index contributed by atoms with van der Waals surface area (Å²) in [6, 6.07) is 3.69. The summed E-state index contributed by atoms with van der Waals surface area (Å²) in [4.78, 5) is 10.9. The van der Waals surface area contributed by atoms with Crippen molar-refractivity contribution in [3.8, 4) is 5.75 Å². The maximum absolute atomic E-state index is 13.5. The van der Waals surface area contributed by atoms with Crippen molar-refractivity contribution >= 4 is 5.97 Å². The summed E-state index contributed by atoms with van der Waals surface area (Å²) in [6.07, 6.45) is 0.890. The molecule has 0 bridgehead atoms. The lowest BCUT2D eigenvalue weighted by Crippen LogP contribution is -2.34. The lowest BCUT2D eigenvalue weighted by molar-refractivity contribution is -0.0127. The van der Waals surface area contributed by atoms with Crippen LogP contribution in [-0.4, -0.2) is 28.4 Å². The molecule has 0 spiro atoms. The van der Waals surface area contributed by atoms with E-state index in [0.29, 0.717) is 12.8 Å². The molecule has 0 aromatic heterocycles. The lowest BCUT2D eigenvalue weighted by Gasteiger charge is -2.25. The zero-order valence-electron chi connectivity index (χ0n) is 10.4. The Balaban J connectivity index is 2.94. The zero-order valence-corrected chi connectivity index (χ0v) is 10.4. The molecule has 0 saturated carbocycles. The number of halogens is 1. The Kier molecular flexibility index (Phi) is 4.67. The number of aliphatic hydroxyl groups is 1. The predicted octanol–water partition coefficient (Wildman–Crippen LogP) is 2.45. The summed E-state index contributed by atoms with van der Waals surface area (Å²) in [5.41, 5.74) is -1.32. The minimum absolute atomic E-state index is 0.138. The smallest absolute Gasteiger partial charge is 0.339 e. The van der Waals surface area contributed by atoms with E-state index in [4.69, 9.17) is 9.84 Å². The number of ether oxygens (including phenoxy) is 1. The van der Waals surface area contributed by atoms with Crippen molar-refractivity contribution in [2.24, 2.45) is 0 Å². The third-order valence-corrected chi connectivity index (χ3v) is 3.00. The van der Waals surface area contributed by atoms with Gasteiger partial charge in [0.1, 0.15) is 12.2 Å². The molecule has 4 nitrogen and oxygen atoms in total. The Morgan fingerprint density at radius 3 is 2.50 bits per heavy atom. The zero-order chi connectivity index (χ0) is 13.8. The fourth-order valence-corrected chi connectivity index (χ4v) is 1.48. The van der Waals surface area contributed by atoms with Crippen molar-refractivity contribution in [1.29, 1.82) is 0 Å². The molecular formula is C13H17FO4. The highest BCUT2D eigenvalue weighted by Gasteiger charge is 2.25. The Bertz CT molecular complexity index is 427. The number of para-hydroxylation sites is 1. The summed E-state index contributed by atoms with van der Waals surface area (Å²) in [5.74, 6) is -2.34. The van der Waals surface area contributed by atoms with E-state index in [9.17, 15) is 14.3 Å². The van der Waals surface area contributed by atoms with E-state index in [0.717, 1.165) is 6.07 Å². The second-order valence-electron chi connectivity index (χ2n) is 4.14. The fourth-order valence-electron chi connectivity index (χ4n) is 1.48. The van der Waals surface area contributed by atoms with Crippen LogP contribution in [0.2, 0.25) is 0 Å². The van der Waals surface area contributed by atoms with Crippen LogP contribution in [0, 0.1) is 5.82 Å². The maximum atomic E-state index is 13.5. The van der Waals surface area contributed by atoms with Gasteiger partial charge in [-0.2, -0.15) is 0 Å². The topological polar surface area (TPSA) is 66.8 Å². The van der Waals surface area contributed by atoms with E-state index in [2.05, 4.69) is 0 Å². The van der Waals surface area contributed by atoms with Crippen LogP contribution in [0.1, 0.15) is 37.0 Å². The molecule has 1 aromatic rings. The number of hydrogen-bond donors (Lipinski definition) is 2. The highest BCUT2D eigenvalue weighted by molar-refractivity contribution is 5.90. The maximum Gasteiger partial charge on any atom is 0.339 e. The Hall–Kier alpha value is -1.62. The molecule has 1 aromatic carbocycles. The van der Waals surface area contributed by atoms with Crippen molar-refractivity contribution < 1.29 is 24.1 Å². The standard InChI is InChI=1S/C13H17FO4/c1-3-13(17,4-2)8-18-11-9(12(15)16)6-5-7-10(11)14/h5-7,17H,3-4,8H2,1-2H3,(H,15,16). The van der Waals surface area contributed by atoms with E-state index in [1.165, 1.54) is 12.1 Å². The number of aromatic carboxylic acids is 1. The molecule has 1 rings (SSSR count). The van der Waals surface area contributed by atoms with Gasteiger partial charge in [0, 0.05) is 0 Å². The average Bonchev–Trinajstić information content (AvgIpc) is 2.36. The third kappa shape index (κ3) is 3.20. The molecule has 18 heavy (non-hydrogen) atoms. The Morgan fingerprint density at radius 1 is 1.39 bits per heavy atom. The molecule has 5 heteroatoms. The third-order valence-electron chi connectivity index (χ3n) is 3.00. The van der Waals surface area contributed by atoms with Crippen LogP contribution < -0.4 is 4.74 Å². The first-order valence-electron chi connectivity index (χ1n) is 5.80. The van der Waals surface area contributed by atoms with Crippen molar-refractivity contribution in [3.63, 3.8) is 0 Å². The molecule has 0 aliphatic heterocycles. The first kappa shape index (κ1) is 14.4. The second kappa shape index (κ2) is 5.82. The number of benzene rings is 1. The molecule has 0 unspecified atom stereocenters. The van der Waals surface area contributed by atoms with E-state index in [1.54, 1.807) is 13.8 Å². The molecule has 0 heterocycles. The highest BCUT2D eigenvalue weighted by atomic mass is 19.1. The van der Waals surface area contributed by atoms with Crippen LogP contribution in [0.25, 0.3) is 0 Å². The molecule has 100 valence electrons. The molecule has 0 radical (unpaired) electrons. The van der Waals surface area contributed by atoms with Gasteiger partial charge < -0.3 is 14.9 Å². The number of carbonyl (C=O) groups is 1. The average molecular weight is 256 g/mol. The van der Waals surface area contributed by atoms with Crippen molar-refractivity contribution in [1.82, 2.24) is 0 Å². The summed E-state index contributed by atoms with van der Waals surface area (Å²) in [7, 11) is 0. The van der Waals surface area contributed by atoms with Gasteiger partial charge in [-0.1, -0.05) is 19.9 Å². The molecule has 0 saturated heterocycles. The van der Waals surface area contributed by atoms with Crippen molar-refractivity contribution in [2.45, 2.75) is 32.3 Å². The van der Waals surface area contributed by atoms with Gasteiger partial charge in [-0.25, -0.2) is 9.18 Å². The van der Waals surface area contributed by atoms with Crippen LogP contribution >= 0.6 is 0 Å². The minimum Gasteiger partial charge on any atom is -0.487 e. The monoisotopic (exact) mass is 256 g/mol. The van der Waals surface area contributed by atoms with Gasteiger partial charge in [-0.05, 0) is 25.0 Å². The molecule has 0 aliphatic carbocycles. The number of carboxylic acids is 1. The summed E-state index contributed by atoms with van der Waals surface area (Å²) >= 11 is 0. The number of rotatable bonds is 6. The van der Waals surface area contributed by atoms with Gasteiger partial charge in [0.25, 0.3) is 0 Å². The SMILES string of the molecule is CCC(O)(CC)COc1c(F)cccc1C(=O)O. The molecule has 0 atom stereocenters. The molecule has 0 fully saturated rings. The van der Waals surface area contributed by atoms with E-state index >= 15 is 0 Å². The number of carboxylic acid groups (broad SMARTS) is 1. The summed E-state index contributed by atoms with van der Waals surface area (Å²) < 4.78 is 18.7. The lowest BCUT2D eigenvalue weighted by atomic mass is 9.99. The largest absolute Gasteiger partial charge is 0.487 e. The first-order chi connectivity index (χ1) is 8.43. The number of hydrogen-bond acceptors (Lipinski definition) is 3. The van der Waals surface area contributed by atoms with Crippen LogP contribution in [0.3, 0.4) is 0 Å². The van der Waals surface area contributed by atoms with Gasteiger partial charge in [0.2, 0.25) is 0 Å². The highest BCUT2D eigenvalue weighted by Crippen LogP contribution is 2.25. The molecule has 0 aliphatic rings. The van der Waals surface area contributed by atoms with Crippen LogP contribution in [0.4, 0.5) is 4.39 Å². The molecule has 0 amide bonds. The molecule has 2 N–H and O–H groups in total. The van der Waals surface area contributed by atoms with Crippen LogP contribution in [-0.2, 0) is 0 Å². The van der Waals surface area contributed by atoms with Crippen molar-refractivity contribution in [3.05, 3.63) is 29.6 Å². The van der Waals surface area contributed by atoms with Gasteiger partial charge in [0.05, 0.1) is 5.60 Å². The summed E-state index contributed by atoms with van der Waals surface area (Å²) in [5, 5.41) is 18.9. The van der Waals surface area contributed by atoms with E-state index in [1.807, 2.05) is 0 Å².